The Hall–Kier alpha value is -2.02. The van der Waals surface area contributed by atoms with Gasteiger partial charge in [0.2, 0.25) is 0 Å². The number of hydrogen-bond donors (Lipinski definition) is 1. The third-order valence-electron chi connectivity index (χ3n) is 4.72. The molecule has 0 radical (unpaired) electrons. The van der Waals surface area contributed by atoms with Crippen molar-refractivity contribution < 1.29 is 0 Å². The molecule has 0 fully saturated rings. The lowest BCUT2D eigenvalue weighted by Gasteiger charge is -2.16. The molecule has 1 nitrogen and oxygen atoms in total. The molecule has 1 aliphatic carbocycles. The topological polar surface area (TPSA) is 15.8 Å². The summed E-state index contributed by atoms with van der Waals surface area (Å²) >= 11 is 0. The molecular weight excluding hydrogens is 254 g/mol. The minimum atomic E-state index is 1.16. The fourth-order valence-electron chi connectivity index (χ4n) is 3.56. The fourth-order valence-corrected chi connectivity index (χ4v) is 3.56. The Kier molecular flexibility index (Phi) is 3.07. The molecule has 2 aromatic carbocycles. The Labute approximate surface area is 126 Å². The highest BCUT2D eigenvalue weighted by atomic mass is 14.7. The van der Waals surface area contributed by atoms with Crippen LogP contribution < -0.4 is 0 Å². The fraction of sp³-hybridized carbons (Fsp3) is 0.300. The number of unbranched alkanes of at least 4 members (excludes halogenated alkanes) is 1. The van der Waals surface area contributed by atoms with Gasteiger partial charge in [0.1, 0.15) is 0 Å². The predicted octanol–water partition coefficient (Wildman–Crippen LogP) is 5.28. The van der Waals surface area contributed by atoms with E-state index in [2.05, 4.69) is 54.4 Å². The van der Waals surface area contributed by atoms with E-state index in [0.717, 1.165) is 12.8 Å². The number of fused-ring (bicyclic) bond motifs is 5. The molecule has 0 amide bonds. The van der Waals surface area contributed by atoms with Crippen molar-refractivity contribution in [3.05, 3.63) is 59.2 Å². The van der Waals surface area contributed by atoms with Gasteiger partial charge in [-0.2, -0.15) is 0 Å². The van der Waals surface area contributed by atoms with Crippen LogP contribution in [0.1, 0.15) is 36.5 Å². The number of H-pyrrole nitrogens is 1. The molecule has 0 aliphatic heterocycles. The number of aromatic nitrogens is 1. The Morgan fingerprint density at radius 2 is 1.95 bits per heavy atom. The molecule has 0 spiro atoms. The summed E-state index contributed by atoms with van der Waals surface area (Å²) in [7, 11) is 0. The summed E-state index contributed by atoms with van der Waals surface area (Å²) in [5, 5.41) is 1.44. The molecule has 0 saturated carbocycles. The maximum atomic E-state index is 3.66. The van der Waals surface area contributed by atoms with Crippen LogP contribution in [0.4, 0.5) is 0 Å². The minimum Gasteiger partial charge on any atom is -0.354 e. The van der Waals surface area contributed by atoms with E-state index in [1.807, 2.05) is 0 Å². The van der Waals surface area contributed by atoms with Gasteiger partial charge in [-0.15, -0.1) is 0 Å². The van der Waals surface area contributed by atoms with Gasteiger partial charge in [0.05, 0.1) is 0 Å². The molecule has 1 N–H and O–H groups in total. The number of aryl methyl sites for hydroxylation is 3. The molecule has 21 heavy (non-hydrogen) atoms. The predicted molar refractivity (Wildman–Crippen MR) is 89.8 cm³/mol. The largest absolute Gasteiger partial charge is 0.354 e. The van der Waals surface area contributed by atoms with Crippen molar-refractivity contribution in [2.75, 3.05) is 0 Å². The molecule has 1 heteroatoms. The number of aromatic amines is 1. The first-order valence-corrected chi connectivity index (χ1v) is 8.08. The summed E-state index contributed by atoms with van der Waals surface area (Å²) in [6, 6.07) is 15.8. The standard InChI is InChI=1S/C20H21N/c1-2-3-6-14-9-12-19-18(13-14)17-11-10-15-7-4-5-8-16(15)20(17)21-19/h4-5,7-9,12-13,21H,2-3,6,10-11H2,1H3. The summed E-state index contributed by atoms with van der Waals surface area (Å²) in [4.78, 5) is 3.66. The van der Waals surface area contributed by atoms with Crippen LogP contribution in [0.5, 0.6) is 0 Å². The average molecular weight is 275 g/mol. The van der Waals surface area contributed by atoms with Crippen molar-refractivity contribution in [1.29, 1.82) is 0 Å². The number of benzene rings is 2. The van der Waals surface area contributed by atoms with Crippen molar-refractivity contribution in [2.24, 2.45) is 0 Å². The molecule has 1 heterocycles. The van der Waals surface area contributed by atoms with Gasteiger partial charge in [0, 0.05) is 22.2 Å². The summed E-state index contributed by atoms with van der Waals surface area (Å²) < 4.78 is 0. The van der Waals surface area contributed by atoms with E-state index in [-0.39, 0.29) is 0 Å². The molecule has 0 saturated heterocycles. The monoisotopic (exact) mass is 275 g/mol. The van der Waals surface area contributed by atoms with Crippen LogP contribution in [0, 0.1) is 0 Å². The molecule has 1 aliphatic rings. The van der Waals surface area contributed by atoms with Gasteiger partial charge in [-0.25, -0.2) is 0 Å². The quantitative estimate of drug-likeness (QED) is 0.669. The second-order valence-electron chi connectivity index (χ2n) is 6.12. The molecular formula is C20H21N. The van der Waals surface area contributed by atoms with E-state index >= 15 is 0 Å². The number of nitrogens with one attached hydrogen (secondary N) is 1. The zero-order chi connectivity index (χ0) is 14.2. The van der Waals surface area contributed by atoms with Gasteiger partial charge >= 0.3 is 0 Å². The summed E-state index contributed by atoms with van der Waals surface area (Å²) in [6.07, 6.45) is 6.06. The molecule has 106 valence electrons. The molecule has 3 aromatic rings. The van der Waals surface area contributed by atoms with E-state index < -0.39 is 0 Å². The van der Waals surface area contributed by atoms with Crippen molar-refractivity contribution in [1.82, 2.24) is 4.98 Å². The molecule has 4 rings (SSSR count). The highest BCUT2D eigenvalue weighted by molar-refractivity contribution is 5.92. The lowest BCUT2D eigenvalue weighted by molar-refractivity contribution is 0.796. The second-order valence-corrected chi connectivity index (χ2v) is 6.12. The van der Waals surface area contributed by atoms with Gasteiger partial charge in [-0.05, 0) is 54.5 Å². The summed E-state index contributed by atoms with van der Waals surface area (Å²) in [6.45, 7) is 2.26. The van der Waals surface area contributed by atoms with Crippen molar-refractivity contribution in [2.45, 2.75) is 39.0 Å². The van der Waals surface area contributed by atoms with Crippen molar-refractivity contribution in [3.63, 3.8) is 0 Å². The van der Waals surface area contributed by atoms with Gasteiger partial charge in [-0.3, -0.25) is 0 Å². The van der Waals surface area contributed by atoms with Crippen LogP contribution in [0.15, 0.2) is 42.5 Å². The van der Waals surface area contributed by atoms with Gasteiger partial charge in [0.25, 0.3) is 0 Å². The van der Waals surface area contributed by atoms with Crippen LogP contribution in [0.3, 0.4) is 0 Å². The SMILES string of the molecule is CCCCc1ccc2[nH]c3c(c2c1)CCc1ccccc1-3. The van der Waals surface area contributed by atoms with Crippen LogP contribution in [0.25, 0.3) is 22.2 Å². The molecule has 0 bridgehead atoms. The first-order valence-electron chi connectivity index (χ1n) is 8.08. The second kappa shape index (κ2) is 5.07. The Morgan fingerprint density at radius 3 is 2.86 bits per heavy atom. The van der Waals surface area contributed by atoms with Crippen LogP contribution in [-0.2, 0) is 19.3 Å². The highest BCUT2D eigenvalue weighted by Gasteiger charge is 2.20. The van der Waals surface area contributed by atoms with E-state index in [1.54, 1.807) is 0 Å². The zero-order valence-electron chi connectivity index (χ0n) is 12.6. The Balaban J connectivity index is 1.86. The van der Waals surface area contributed by atoms with E-state index in [0.29, 0.717) is 0 Å². The highest BCUT2D eigenvalue weighted by Crippen LogP contribution is 2.37. The maximum Gasteiger partial charge on any atom is 0.0500 e. The molecule has 1 aromatic heterocycles. The Bertz CT molecular complexity index is 795. The molecule has 0 atom stereocenters. The number of rotatable bonds is 3. The first-order chi connectivity index (χ1) is 10.4. The third kappa shape index (κ3) is 2.08. The zero-order valence-corrected chi connectivity index (χ0v) is 12.6. The van der Waals surface area contributed by atoms with Gasteiger partial charge in [-0.1, -0.05) is 43.7 Å². The van der Waals surface area contributed by atoms with Crippen molar-refractivity contribution >= 4 is 10.9 Å². The summed E-state index contributed by atoms with van der Waals surface area (Å²) in [5.41, 5.74) is 8.50. The van der Waals surface area contributed by atoms with Gasteiger partial charge in [0.15, 0.2) is 0 Å². The van der Waals surface area contributed by atoms with Gasteiger partial charge < -0.3 is 4.98 Å². The van der Waals surface area contributed by atoms with Crippen LogP contribution in [0.2, 0.25) is 0 Å². The summed E-state index contributed by atoms with van der Waals surface area (Å²) in [5.74, 6) is 0. The van der Waals surface area contributed by atoms with Crippen molar-refractivity contribution in [3.8, 4) is 11.3 Å². The van der Waals surface area contributed by atoms with E-state index in [9.17, 15) is 0 Å². The lowest BCUT2D eigenvalue weighted by atomic mass is 9.89. The third-order valence-corrected chi connectivity index (χ3v) is 4.72. The van der Waals surface area contributed by atoms with E-state index in [4.69, 9.17) is 0 Å². The van der Waals surface area contributed by atoms with Crippen LogP contribution >= 0.6 is 0 Å². The number of hydrogen-bond acceptors (Lipinski definition) is 0. The normalized spacial score (nSPS) is 13.2. The first kappa shape index (κ1) is 12.7. The average Bonchev–Trinajstić information content (AvgIpc) is 2.91. The minimum absolute atomic E-state index is 1.16. The smallest absolute Gasteiger partial charge is 0.0500 e. The Morgan fingerprint density at radius 1 is 1.05 bits per heavy atom. The molecule has 0 unspecified atom stereocenters. The van der Waals surface area contributed by atoms with E-state index in [1.165, 1.54) is 58.1 Å². The van der Waals surface area contributed by atoms with Crippen LogP contribution in [-0.4, -0.2) is 4.98 Å². The maximum absolute atomic E-state index is 3.66. The lowest BCUT2D eigenvalue weighted by Crippen LogP contribution is -2.02.